The highest BCUT2D eigenvalue weighted by atomic mass is 35.5. The predicted octanol–water partition coefficient (Wildman–Crippen LogP) is 5.02. The largest absolute Gasteiger partial charge is 0.497 e. The van der Waals surface area contributed by atoms with Gasteiger partial charge in [0.2, 0.25) is 0 Å². The van der Waals surface area contributed by atoms with Gasteiger partial charge in [0, 0.05) is 11.9 Å². The average molecular weight is 438 g/mol. The zero-order chi connectivity index (χ0) is 21.6. The Morgan fingerprint density at radius 2 is 1.94 bits per heavy atom. The van der Waals surface area contributed by atoms with Crippen LogP contribution in [-0.4, -0.2) is 22.8 Å². The van der Waals surface area contributed by atoms with E-state index in [0.717, 1.165) is 11.3 Å². The SMILES string of the molecule is COc1ccc(OCc2ccc(C(=O)Nc3cccc(Cn4cc(Cl)cn4)c3)o2)cc1. The minimum absolute atomic E-state index is 0.206. The molecule has 4 rings (SSSR count). The monoisotopic (exact) mass is 437 g/mol. The van der Waals surface area contributed by atoms with Gasteiger partial charge in [-0.2, -0.15) is 5.10 Å². The summed E-state index contributed by atoms with van der Waals surface area (Å²) in [7, 11) is 1.61. The number of ether oxygens (including phenoxy) is 2. The van der Waals surface area contributed by atoms with E-state index in [9.17, 15) is 4.79 Å². The number of methoxy groups -OCH3 is 1. The van der Waals surface area contributed by atoms with Gasteiger partial charge in [-0.1, -0.05) is 23.7 Å². The Kier molecular flexibility index (Phi) is 6.24. The standard InChI is InChI=1S/C23H20ClN3O4/c1-29-19-5-7-20(8-6-19)30-15-21-9-10-22(31-21)23(28)26-18-4-2-3-16(11-18)13-27-14-17(24)12-25-27/h2-12,14H,13,15H2,1H3,(H,26,28). The second-order valence-electron chi connectivity index (χ2n) is 6.74. The van der Waals surface area contributed by atoms with E-state index in [1.165, 1.54) is 0 Å². The Morgan fingerprint density at radius 3 is 2.68 bits per heavy atom. The fourth-order valence-corrected chi connectivity index (χ4v) is 3.11. The van der Waals surface area contributed by atoms with Crippen molar-refractivity contribution < 1.29 is 18.7 Å². The van der Waals surface area contributed by atoms with Gasteiger partial charge in [-0.15, -0.1) is 0 Å². The third-order valence-electron chi connectivity index (χ3n) is 4.46. The first-order chi connectivity index (χ1) is 15.1. The molecule has 0 unspecified atom stereocenters. The molecule has 31 heavy (non-hydrogen) atoms. The molecule has 0 radical (unpaired) electrons. The Labute approximate surface area is 184 Å². The molecule has 8 heteroatoms. The smallest absolute Gasteiger partial charge is 0.291 e. The van der Waals surface area contributed by atoms with Crippen molar-refractivity contribution in [3.05, 3.63) is 95.2 Å². The summed E-state index contributed by atoms with van der Waals surface area (Å²) in [5, 5.41) is 7.59. The molecule has 0 aliphatic heterocycles. The first-order valence-electron chi connectivity index (χ1n) is 9.53. The average Bonchev–Trinajstić information content (AvgIpc) is 3.42. The molecule has 0 aliphatic rings. The number of carbonyl (C=O) groups excluding carboxylic acids is 1. The molecule has 0 atom stereocenters. The van der Waals surface area contributed by atoms with Gasteiger partial charge in [-0.25, -0.2) is 0 Å². The summed E-state index contributed by atoms with van der Waals surface area (Å²) in [6.45, 7) is 0.756. The number of nitrogens with one attached hydrogen (secondary N) is 1. The summed E-state index contributed by atoms with van der Waals surface area (Å²) in [6.07, 6.45) is 3.32. The lowest BCUT2D eigenvalue weighted by Gasteiger charge is -2.07. The van der Waals surface area contributed by atoms with Crippen molar-refractivity contribution in [1.82, 2.24) is 9.78 Å². The maximum Gasteiger partial charge on any atom is 0.291 e. The highest BCUT2D eigenvalue weighted by Crippen LogP contribution is 2.20. The number of rotatable bonds is 8. The zero-order valence-corrected chi connectivity index (χ0v) is 17.5. The van der Waals surface area contributed by atoms with Crippen molar-refractivity contribution in [2.75, 3.05) is 12.4 Å². The number of aromatic nitrogens is 2. The van der Waals surface area contributed by atoms with Crippen molar-refractivity contribution in [1.29, 1.82) is 0 Å². The maximum absolute atomic E-state index is 12.6. The molecule has 0 saturated heterocycles. The second kappa shape index (κ2) is 9.40. The first kappa shape index (κ1) is 20.6. The molecule has 2 aromatic carbocycles. The lowest BCUT2D eigenvalue weighted by atomic mass is 10.2. The van der Waals surface area contributed by atoms with Crippen LogP contribution in [0.2, 0.25) is 5.02 Å². The first-order valence-corrected chi connectivity index (χ1v) is 9.90. The molecule has 0 bridgehead atoms. The van der Waals surface area contributed by atoms with E-state index < -0.39 is 0 Å². The lowest BCUT2D eigenvalue weighted by Crippen LogP contribution is -2.11. The molecule has 4 aromatic rings. The van der Waals surface area contributed by atoms with Gasteiger partial charge in [0.1, 0.15) is 23.9 Å². The maximum atomic E-state index is 12.6. The molecule has 0 fully saturated rings. The predicted molar refractivity (Wildman–Crippen MR) is 117 cm³/mol. The minimum atomic E-state index is -0.338. The van der Waals surface area contributed by atoms with Crippen LogP contribution in [-0.2, 0) is 13.2 Å². The molecule has 7 nitrogen and oxygen atoms in total. The number of halogens is 1. The molecule has 1 N–H and O–H groups in total. The van der Waals surface area contributed by atoms with Crippen LogP contribution >= 0.6 is 11.6 Å². The third kappa shape index (κ3) is 5.46. The summed E-state index contributed by atoms with van der Waals surface area (Å²) < 4.78 is 18.1. The van der Waals surface area contributed by atoms with Gasteiger partial charge in [-0.3, -0.25) is 9.48 Å². The lowest BCUT2D eigenvalue weighted by molar-refractivity contribution is 0.0992. The van der Waals surface area contributed by atoms with Crippen LogP contribution in [0.3, 0.4) is 0 Å². The molecular weight excluding hydrogens is 418 g/mol. The van der Waals surface area contributed by atoms with Crippen molar-refractivity contribution in [3.8, 4) is 11.5 Å². The minimum Gasteiger partial charge on any atom is -0.497 e. The number of hydrogen-bond donors (Lipinski definition) is 1. The van der Waals surface area contributed by atoms with Crippen LogP contribution in [0.25, 0.3) is 0 Å². The van der Waals surface area contributed by atoms with Crippen LogP contribution in [0.4, 0.5) is 5.69 Å². The van der Waals surface area contributed by atoms with Gasteiger partial charge >= 0.3 is 0 Å². The normalized spacial score (nSPS) is 10.6. The second-order valence-corrected chi connectivity index (χ2v) is 7.18. The molecule has 1 amide bonds. The van der Waals surface area contributed by atoms with Crippen LogP contribution in [0.1, 0.15) is 21.9 Å². The van der Waals surface area contributed by atoms with Gasteiger partial charge in [-0.05, 0) is 54.1 Å². The zero-order valence-electron chi connectivity index (χ0n) is 16.7. The molecule has 2 aromatic heterocycles. The summed E-state index contributed by atoms with van der Waals surface area (Å²) in [4.78, 5) is 12.6. The number of hydrogen-bond acceptors (Lipinski definition) is 5. The molecule has 0 saturated carbocycles. The van der Waals surface area contributed by atoms with Crippen molar-refractivity contribution in [3.63, 3.8) is 0 Å². The number of benzene rings is 2. The molecule has 158 valence electrons. The number of nitrogens with zero attached hydrogens (tertiary/aromatic N) is 2. The van der Waals surface area contributed by atoms with E-state index in [2.05, 4.69) is 10.4 Å². The third-order valence-corrected chi connectivity index (χ3v) is 4.65. The van der Waals surface area contributed by atoms with E-state index in [1.807, 2.05) is 36.4 Å². The summed E-state index contributed by atoms with van der Waals surface area (Å²) in [5.74, 6) is 1.85. The Balaban J connectivity index is 1.34. The number of furan rings is 1. The molecule has 0 spiro atoms. The Bertz CT molecular complexity index is 1170. The van der Waals surface area contributed by atoms with Gasteiger partial charge in [0.15, 0.2) is 5.76 Å². The van der Waals surface area contributed by atoms with Gasteiger partial charge in [0.05, 0.1) is 24.9 Å². The summed E-state index contributed by atoms with van der Waals surface area (Å²) in [6, 6.07) is 18.1. The fraction of sp³-hybridized carbons (Fsp3) is 0.130. The number of carbonyl (C=O) groups is 1. The van der Waals surface area contributed by atoms with Gasteiger partial charge < -0.3 is 19.2 Å². The highest BCUT2D eigenvalue weighted by molar-refractivity contribution is 6.30. The highest BCUT2D eigenvalue weighted by Gasteiger charge is 2.12. The van der Waals surface area contributed by atoms with Crippen molar-refractivity contribution in [2.24, 2.45) is 0 Å². The number of amides is 1. The van der Waals surface area contributed by atoms with Crippen molar-refractivity contribution >= 4 is 23.2 Å². The Morgan fingerprint density at radius 1 is 1.13 bits per heavy atom. The topological polar surface area (TPSA) is 78.5 Å². The molecule has 0 aliphatic carbocycles. The van der Waals surface area contributed by atoms with E-state index in [4.69, 9.17) is 25.5 Å². The molecular formula is C23H20ClN3O4. The van der Waals surface area contributed by atoms with Crippen LogP contribution in [0.5, 0.6) is 11.5 Å². The van der Waals surface area contributed by atoms with E-state index in [0.29, 0.717) is 28.8 Å². The van der Waals surface area contributed by atoms with Crippen LogP contribution < -0.4 is 14.8 Å². The van der Waals surface area contributed by atoms with Gasteiger partial charge in [0.25, 0.3) is 5.91 Å². The van der Waals surface area contributed by atoms with E-state index in [-0.39, 0.29) is 18.3 Å². The molecule has 2 heterocycles. The van der Waals surface area contributed by atoms with Crippen molar-refractivity contribution in [2.45, 2.75) is 13.2 Å². The van der Waals surface area contributed by atoms with E-state index >= 15 is 0 Å². The summed E-state index contributed by atoms with van der Waals surface area (Å²) in [5.41, 5.74) is 1.64. The van der Waals surface area contributed by atoms with E-state index in [1.54, 1.807) is 48.5 Å². The van der Waals surface area contributed by atoms with Crippen LogP contribution in [0, 0.1) is 0 Å². The summed E-state index contributed by atoms with van der Waals surface area (Å²) >= 11 is 5.90. The Hall–Kier alpha value is -3.71. The number of anilines is 1. The fourth-order valence-electron chi connectivity index (χ4n) is 2.96. The van der Waals surface area contributed by atoms with Crippen LogP contribution in [0.15, 0.2) is 77.5 Å². The quantitative estimate of drug-likeness (QED) is 0.419.